The number of rotatable bonds is 6. The molecule has 3 rings (SSSR count). The molecule has 2 aliphatic rings. The molecule has 0 unspecified atom stereocenters. The number of benzene rings is 1. The molecule has 3 amide bonds. The summed E-state index contributed by atoms with van der Waals surface area (Å²) in [5, 5.41) is 6.76. The van der Waals surface area contributed by atoms with Crippen molar-refractivity contribution in [3.63, 3.8) is 0 Å². The van der Waals surface area contributed by atoms with Crippen molar-refractivity contribution in [2.24, 2.45) is 17.8 Å². The predicted octanol–water partition coefficient (Wildman–Crippen LogP) is 2.68. The Morgan fingerprint density at radius 2 is 1.91 bits per heavy atom. The normalized spacial score (nSPS) is 23.4. The molecule has 32 heavy (non-hydrogen) atoms. The summed E-state index contributed by atoms with van der Waals surface area (Å²) >= 11 is 6.32. The molecule has 2 N–H and O–H groups in total. The standard InChI is InChI=1S/C24H35ClN4O3/c1-16(2)9-10-27-22(31)17-11-18(13-26-12-17)23(32)29-14-21(30)28(15-24(29,3)4)20-8-6-5-7-19(20)25/h5-8,16-18,26H,9-15H2,1-4H3,(H,27,31)/t17-,18+/m0/s1. The second-order valence-corrected chi connectivity index (χ2v) is 10.3. The number of hydrogen-bond donors (Lipinski definition) is 2. The van der Waals surface area contributed by atoms with Crippen molar-refractivity contribution in [3.8, 4) is 0 Å². The summed E-state index contributed by atoms with van der Waals surface area (Å²) in [6.07, 6.45) is 1.43. The maximum Gasteiger partial charge on any atom is 0.246 e. The largest absolute Gasteiger partial charge is 0.356 e. The van der Waals surface area contributed by atoms with Gasteiger partial charge in [-0.25, -0.2) is 0 Å². The summed E-state index contributed by atoms with van der Waals surface area (Å²) in [4.78, 5) is 42.3. The zero-order chi connectivity index (χ0) is 23.5. The number of para-hydroxylation sites is 1. The van der Waals surface area contributed by atoms with E-state index in [0.717, 1.165) is 6.42 Å². The molecule has 2 fully saturated rings. The SMILES string of the molecule is CC(C)CCNC(=O)[C@@H]1CNC[C@H](C(=O)N2CC(=O)N(c3ccccc3Cl)CC2(C)C)C1. The Kier molecular flexibility index (Phi) is 7.83. The minimum absolute atomic E-state index is 0.00118. The van der Waals surface area contributed by atoms with Crippen LogP contribution in [-0.2, 0) is 14.4 Å². The molecule has 1 aromatic rings. The minimum atomic E-state index is -0.559. The van der Waals surface area contributed by atoms with Crippen molar-refractivity contribution in [2.45, 2.75) is 46.1 Å². The van der Waals surface area contributed by atoms with Crippen molar-refractivity contribution >= 4 is 35.0 Å². The van der Waals surface area contributed by atoms with Crippen LogP contribution in [0.25, 0.3) is 0 Å². The van der Waals surface area contributed by atoms with Gasteiger partial charge in [0.15, 0.2) is 0 Å². The first-order chi connectivity index (χ1) is 15.1. The van der Waals surface area contributed by atoms with E-state index >= 15 is 0 Å². The number of carbonyl (C=O) groups excluding carboxylic acids is 3. The highest BCUT2D eigenvalue weighted by Crippen LogP contribution is 2.32. The van der Waals surface area contributed by atoms with Crippen LogP contribution in [0.15, 0.2) is 24.3 Å². The maximum absolute atomic E-state index is 13.5. The molecular formula is C24H35ClN4O3. The molecule has 0 saturated carbocycles. The highest BCUT2D eigenvalue weighted by Gasteiger charge is 2.44. The first-order valence-corrected chi connectivity index (χ1v) is 11.8. The lowest BCUT2D eigenvalue weighted by atomic mass is 9.86. The second-order valence-electron chi connectivity index (χ2n) is 9.93. The van der Waals surface area contributed by atoms with E-state index in [9.17, 15) is 14.4 Å². The molecule has 1 aromatic carbocycles. The Balaban J connectivity index is 1.66. The van der Waals surface area contributed by atoms with Gasteiger partial charge in [0.1, 0.15) is 6.54 Å². The highest BCUT2D eigenvalue weighted by molar-refractivity contribution is 6.33. The van der Waals surface area contributed by atoms with Gasteiger partial charge in [0, 0.05) is 26.2 Å². The van der Waals surface area contributed by atoms with Gasteiger partial charge < -0.3 is 20.4 Å². The van der Waals surface area contributed by atoms with Crippen LogP contribution in [0.2, 0.25) is 5.02 Å². The molecule has 2 saturated heterocycles. The molecule has 0 aliphatic carbocycles. The van der Waals surface area contributed by atoms with Crippen molar-refractivity contribution < 1.29 is 14.4 Å². The Bertz CT molecular complexity index is 857. The number of amides is 3. The zero-order valence-electron chi connectivity index (χ0n) is 19.5. The number of nitrogens with zero attached hydrogens (tertiary/aromatic N) is 2. The fourth-order valence-electron chi connectivity index (χ4n) is 4.44. The molecule has 176 valence electrons. The number of piperidine rings is 1. The summed E-state index contributed by atoms with van der Waals surface area (Å²) < 4.78 is 0. The molecule has 0 radical (unpaired) electrons. The van der Waals surface area contributed by atoms with E-state index in [4.69, 9.17) is 11.6 Å². The molecule has 0 bridgehead atoms. The second kappa shape index (κ2) is 10.2. The van der Waals surface area contributed by atoms with Crippen molar-refractivity contribution in [3.05, 3.63) is 29.3 Å². The molecule has 0 aromatic heterocycles. The zero-order valence-corrected chi connectivity index (χ0v) is 20.2. The van der Waals surface area contributed by atoms with E-state index < -0.39 is 5.54 Å². The van der Waals surface area contributed by atoms with Crippen LogP contribution in [0.3, 0.4) is 0 Å². The number of halogens is 1. The number of nitrogens with one attached hydrogen (secondary N) is 2. The molecule has 2 aliphatic heterocycles. The summed E-state index contributed by atoms with van der Waals surface area (Å²) in [7, 11) is 0. The van der Waals surface area contributed by atoms with Crippen LogP contribution >= 0.6 is 11.6 Å². The van der Waals surface area contributed by atoms with Gasteiger partial charge in [-0.15, -0.1) is 0 Å². The summed E-state index contributed by atoms with van der Waals surface area (Å²) in [5.74, 6) is -0.281. The van der Waals surface area contributed by atoms with Crippen LogP contribution in [0.5, 0.6) is 0 Å². The van der Waals surface area contributed by atoms with E-state index in [1.807, 2.05) is 32.0 Å². The summed E-state index contributed by atoms with van der Waals surface area (Å²) in [6, 6.07) is 7.25. The van der Waals surface area contributed by atoms with Crippen molar-refractivity contribution in [2.75, 3.05) is 37.6 Å². The van der Waals surface area contributed by atoms with Crippen LogP contribution in [0.1, 0.15) is 40.5 Å². The number of piperazine rings is 1. The predicted molar refractivity (Wildman–Crippen MR) is 127 cm³/mol. The fraction of sp³-hybridized carbons (Fsp3) is 0.625. The van der Waals surface area contributed by atoms with E-state index in [1.54, 1.807) is 15.9 Å². The van der Waals surface area contributed by atoms with E-state index in [0.29, 0.717) is 49.2 Å². The molecule has 8 heteroatoms. The van der Waals surface area contributed by atoms with Gasteiger partial charge in [-0.1, -0.05) is 37.6 Å². The monoisotopic (exact) mass is 462 g/mol. The van der Waals surface area contributed by atoms with Crippen molar-refractivity contribution in [1.82, 2.24) is 15.5 Å². The van der Waals surface area contributed by atoms with Crippen LogP contribution in [-0.4, -0.2) is 60.9 Å². The number of anilines is 1. The molecule has 7 nitrogen and oxygen atoms in total. The van der Waals surface area contributed by atoms with Crippen LogP contribution in [0.4, 0.5) is 5.69 Å². The highest BCUT2D eigenvalue weighted by atomic mass is 35.5. The van der Waals surface area contributed by atoms with Gasteiger partial charge in [0.25, 0.3) is 0 Å². The molecule has 2 atom stereocenters. The lowest BCUT2D eigenvalue weighted by Gasteiger charge is -2.48. The van der Waals surface area contributed by atoms with Crippen LogP contribution in [0, 0.1) is 17.8 Å². The Labute approximate surface area is 195 Å². The summed E-state index contributed by atoms with van der Waals surface area (Å²) in [5.41, 5.74) is 0.105. The van der Waals surface area contributed by atoms with Crippen LogP contribution < -0.4 is 15.5 Å². The van der Waals surface area contributed by atoms with Gasteiger partial charge in [-0.05, 0) is 44.7 Å². The van der Waals surface area contributed by atoms with Gasteiger partial charge in [0.2, 0.25) is 17.7 Å². The van der Waals surface area contributed by atoms with Crippen molar-refractivity contribution in [1.29, 1.82) is 0 Å². The number of carbonyl (C=O) groups is 3. The molecular weight excluding hydrogens is 428 g/mol. The van der Waals surface area contributed by atoms with Gasteiger partial charge >= 0.3 is 0 Å². The molecule has 2 heterocycles. The van der Waals surface area contributed by atoms with E-state index in [2.05, 4.69) is 24.5 Å². The number of hydrogen-bond acceptors (Lipinski definition) is 4. The third kappa shape index (κ3) is 5.62. The average molecular weight is 463 g/mol. The lowest BCUT2D eigenvalue weighted by Crippen LogP contribution is -2.65. The summed E-state index contributed by atoms with van der Waals surface area (Å²) in [6.45, 7) is 10.3. The third-order valence-corrected chi connectivity index (χ3v) is 6.69. The Hall–Kier alpha value is -2.12. The third-order valence-electron chi connectivity index (χ3n) is 6.37. The fourth-order valence-corrected chi connectivity index (χ4v) is 4.68. The first kappa shape index (κ1) is 24.5. The van der Waals surface area contributed by atoms with E-state index in [-0.39, 0.29) is 36.1 Å². The van der Waals surface area contributed by atoms with Gasteiger partial charge in [0.05, 0.1) is 28.1 Å². The topological polar surface area (TPSA) is 81.8 Å². The smallest absolute Gasteiger partial charge is 0.246 e. The Morgan fingerprint density at radius 1 is 1.22 bits per heavy atom. The average Bonchev–Trinajstić information content (AvgIpc) is 2.75. The molecule has 0 spiro atoms. The lowest BCUT2D eigenvalue weighted by molar-refractivity contribution is -0.148. The van der Waals surface area contributed by atoms with E-state index in [1.165, 1.54) is 0 Å². The quantitative estimate of drug-likeness (QED) is 0.681. The van der Waals surface area contributed by atoms with Gasteiger partial charge in [-0.2, -0.15) is 0 Å². The first-order valence-electron chi connectivity index (χ1n) is 11.4. The minimum Gasteiger partial charge on any atom is -0.356 e. The maximum atomic E-state index is 13.5. The Morgan fingerprint density at radius 3 is 2.59 bits per heavy atom. The van der Waals surface area contributed by atoms with Gasteiger partial charge in [-0.3, -0.25) is 14.4 Å².